The molecule has 1 saturated carbocycles. The van der Waals surface area contributed by atoms with Gasteiger partial charge < -0.3 is 9.73 Å². The molecule has 0 unspecified atom stereocenters. The molecule has 23 heavy (non-hydrogen) atoms. The summed E-state index contributed by atoms with van der Waals surface area (Å²) in [5.41, 5.74) is 1.18. The molecular formula is C18H21N3OS. The zero-order valence-corrected chi connectivity index (χ0v) is 14.2. The molecule has 0 saturated heterocycles. The van der Waals surface area contributed by atoms with Crippen molar-refractivity contribution < 1.29 is 4.42 Å². The lowest BCUT2D eigenvalue weighted by Crippen LogP contribution is -2.33. The van der Waals surface area contributed by atoms with Crippen molar-refractivity contribution in [2.75, 3.05) is 7.05 Å². The molecule has 1 N–H and O–H groups in total. The minimum absolute atomic E-state index is 0.577. The number of nitrogens with zero attached hydrogens (tertiary/aromatic N) is 2. The molecule has 120 valence electrons. The van der Waals surface area contributed by atoms with Gasteiger partial charge in [-0.25, -0.2) is 5.01 Å². The monoisotopic (exact) mass is 327 g/mol. The Labute approximate surface area is 142 Å². The highest BCUT2D eigenvalue weighted by Gasteiger charge is 2.36. The van der Waals surface area contributed by atoms with Crippen molar-refractivity contribution in [2.45, 2.75) is 25.8 Å². The maximum absolute atomic E-state index is 5.80. The average molecular weight is 327 g/mol. The van der Waals surface area contributed by atoms with Crippen molar-refractivity contribution in [2.24, 2.45) is 11.0 Å². The van der Waals surface area contributed by atoms with E-state index < -0.39 is 0 Å². The fourth-order valence-electron chi connectivity index (χ4n) is 2.44. The molecule has 2 atom stereocenters. The van der Waals surface area contributed by atoms with Crippen LogP contribution in [-0.2, 0) is 6.54 Å². The van der Waals surface area contributed by atoms with E-state index in [9.17, 15) is 0 Å². The Morgan fingerprint density at radius 1 is 1.35 bits per heavy atom. The van der Waals surface area contributed by atoms with Crippen LogP contribution in [0.25, 0.3) is 0 Å². The summed E-state index contributed by atoms with van der Waals surface area (Å²) in [6, 6.07) is 14.1. The summed E-state index contributed by atoms with van der Waals surface area (Å²) in [7, 11) is 1.82. The summed E-state index contributed by atoms with van der Waals surface area (Å²) in [5, 5.41) is 9.73. The van der Waals surface area contributed by atoms with E-state index in [0.29, 0.717) is 17.6 Å². The third-order valence-electron chi connectivity index (χ3n) is 4.06. The maximum Gasteiger partial charge on any atom is 0.189 e. The first-order chi connectivity index (χ1) is 11.1. The van der Waals surface area contributed by atoms with Crippen molar-refractivity contribution in [3.8, 4) is 0 Å². The highest BCUT2D eigenvalue weighted by Crippen LogP contribution is 2.47. The van der Waals surface area contributed by atoms with E-state index in [2.05, 4.69) is 29.5 Å². The Morgan fingerprint density at radius 3 is 2.78 bits per heavy atom. The highest BCUT2D eigenvalue weighted by molar-refractivity contribution is 7.80. The van der Waals surface area contributed by atoms with Gasteiger partial charge in [0.25, 0.3) is 0 Å². The number of hydrogen-bond acceptors (Lipinski definition) is 3. The molecule has 0 bridgehead atoms. The molecule has 1 aliphatic rings. The zero-order chi connectivity index (χ0) is 16.2. The van der Waals surface area contributed by atoms with Crippen molar-refractivity contribution in [3.63, 3.8) is 0 Å². The van der Waals surface area contributed by atoms with Gasteiger partial charge in [-0.3, -0.25) is 0 Å². The van der Waals surface area contributed by atoms with E-state index in [0.717, 1.165) is 17.4 Å². The second-order valence-electron chi connectivity index (χ2n) is 5.97. The minimum Gasteiger partial charge on any atom is -0.460 e. The second-order valence-corrected chi connectivity index (χ2v) is 6.36. The van der Waals surface area contributed by atoms with E-state index >= 15 is 0 Å². The Kier molecular flexibility index (Phi) is 4.76. The molecule has 5 heteroatoms. The third-order valence-corrected chi connectivity index (χ3v) is 4.47. The van der Waals surface area contributed by atoms with Gasteiger partial charge in [-0.15, -0.1) is 0 Å². The van der Waals surface area contributed by atoms with Gasteiger partial charge in [-0.1, -0.05) is 37.3 Å². The number of benzene rings is 1. The Bertz CT molecular complexity index is 695. The second kappa shape index (κ2) is 6.96. The summed E-state index contributed by atoms with van der Waals surface area (Å²) in [6.45, 7) is 2.93. The van der Waals surface area contributed by atoms with Crippen LogP contribution in [0, 0.1) is 5.92 Å². The van der Waals surface area contributed by atoms with Gasteiger partial charge >= 0.3 is 0 Å². The van der Waals surface area contributed by atoms with Crippen molar-refractivity contribution in [3.05, 3.63) is 59.5 Å². The molecule has 0 amide bonds. The number of hydrazone groups is 1. The Balaban J connectivity index is 1.50. The van der Waals surface area contributed by atoms with Gasteiger partial charge in [0.1, 0.15) is 11.5 Å². The molecule has 2 aromatic rings. The van der Waals surface area contributed by atoms with E-state index in [4.69, 9.17) is 16.6 Å². The van der Waals surface area contributed by atoms with Gasteiger partial charge in [-0.05, 0) is 42.3 Å². The lowest BCUT2D eigenvalue weighted by atomic mass is 10.2. The highest BCUT2D eigenvalue weighted by atomic mass is 32.1. The van der Waals surface area contributed by atoms with Crippen molar-refractivity contribution in [1.29, 1.82) is 0 Å². The minimum atomic E-state index is 0.577. The molecule has 0 aliphatic heterocycles. The van der Waals surface area contributed by atoms with Gasteiger partial charge in [0, 0.05) is 19.5 Å². The Morgan fingerprint density at radius 2 is 2.09 bits per heavy atom. The first-order valence-corrected chi connectivity index (χ1v) is 8.23. The summed E-state index contributed by atoms with van der Waals surface area (Å²) >= 11 is 5.33. The summed E-state index contributed by atoms with van der Waals surface area (Å²) in [5.74, 6) is 3.15. The molecule has 1 fully saturated rings. The average Bonchev–Trinajstić information content (AvgIpc) is 3.11. The SMILES string of the molecule is C[C@@H]1C[C@H]1c1ccc(/C=N\N(C)C(=S)NCc2ccccc2)o1. The van der Waals surface area contributed by atoms with Crippen molar-refractivity contribution in [1.82, 2.24) is 10.3 Å². The van der Waals surface area contributed by atoms with E-state index in [1.807, 2.05) is 37.4 Å². The summed E-state index contributed by atoms with van der Waals surface area (Å²) < 4.78 is 5.80. The van der Waals surface area contributed by atoms with Crippen LogP contribution in [0.15, 0.2) is 52.0 Å². The zero-order valence-electron chi connectivity index (χ0n) is 13.4. The number of furan rings is 1. The molecule has 4 nitrogen and oxygen atoms in total. The van der Waals surface area contributed by atoms with Crippen LogP contribution in [0.1, 0.15) is 36.3 Å². The van der Waals surface area contributed by atoms with Gasteiger partial charge in [-0.2, -0.15) is 5.10 Å². The van der Waals surface area contributed by atoms with Crippen molar-refractivity contribution >= 4 is 23.5 Å². The molecule has 1 aliphatic carbocycles. The topological polar surface area (TPSA) is 40.8 Å². The van der Waals surface area contributed by atoms with Crippen LogP contribution in [0.4, 0.5) is 0 Å². The molecule has 1 aromatic carbocycles. The molecule has 0 spiro atoms. The van der Waals surface area contributed by atoms with Crippen LogP contribution >= 0.6 is 12.2 Å². The fraction of sp³-hybridized carbons (Fsp3) is 0.333. The first-order valence-electron chi connectivity index (χ1n) is 7.82. The van der Waals surface area contributed by atoms with Gasteiger partial charge in [0.05, 0.1) is 6.21 Å². The summed E-state index contributed by atoms with van der Waals surface area (Å²) in [4.78, 5) is 0. The first kappa shape index (κ1) is 15.7. The molecule has 0 radical (unpaired) electrons. The summed E-state index contributed by atoms with van der Waals surface area (Å²) in [6.07, 6.45) is 2.92. The smallest absolute Gasteiger partial charge is 0.189 e. The fourth-order valence-corrected chi connectivity index (χ4v) is 2.56. The quantitative estimate of drug-likeness (QED) is 0.516. The Hall–Kier alpha value is -2.14. The third kappa shape index (κ3) is 4.20. The normalized spacial score (nSPS) is 19.7. The molecule has 1 heterocycles. The lowest BCUT2D eigenvalue weighted by molar-refractivity contribution is 0.493. The van der Waals surface area contributed by atoms with Crippen LogP contribution in [-0.4, -0.2) is 23.4 Å². The lowest BCUT2D eigenvalue weighted by Gasteiger charge is -2.15. The number of nitrogens with one attached hydrogen (secondary N) is 1. The van der Waals surface area contributed by atoms with E-state index in [1.165, 1.54) is 12.0 Å². The number of thiocarbonyl (C=S) groups is 1. The van der Waals surface area contributed by atoms with E-state index in [-0.39, 0.29) is 0 Å². The van der Waals surface area contributed by atoms with Crippen LogP contribution < -0.4 is 5.32 Å². The van der Waals surface area contributed by atoms with Gasteiger partial charge in [0.2, 0.25) is 0 Å². The predicted molar refractivity (Wildman–Crippen MR) is 96.5 cm³/mol. The molecular weight excluding hydrogens is 306 g/mol. The maximum atomic E-state index is 5.80. The van der Waals surface area contributed by atoms with E-state index in [1.54, 1.807) is 11.2 Å². The van der Waals surface area contributed by atoms with Crippen LogP contribution in [0.5, 0.6) is 0 Å². The number of rotatable bonds is 5. The van der Waals surface area contributed by atoms with Gasteiger partial charge in [0.15, 0.2) is 5.11 Å². The number of hydrogen-bond donors (Lipinski definition) is 1. The molecule has 3 rings (SSSR count). The van der Waals surface area contributed by atoms with Crippen LogP contribution in [0.2, 0.25) is 0 Å². The predicted octanol–water partition coefficient (Wildman–Crippen LogP) is 3.74. The van der Waals surface area contributed by atoms with Crippen LogP contribution in [0.3, 0.4) is 0 Å². The standard InChI is InChI=1S/C18H21N3OS/c1-13-10-16(13)17-9-8-15(22-17)12-20-21(2)18(23)19-11-14-6-4-3-5-7-14/h3-9,12-13,16H,10-11H2,1-2H3,(H,19,23)/b20-12-/t13-,16-/m1/s1. The molecule has 1 aromatic heterocycles. The largest absolute Gasteiger partial charge is 0.460 e.